The Balaban J connectivity index is 2.34. The Morgan fingerprint density at radius 2 is 2.00 bits per heavy atom. The summed E-state index contributed by atoms with van der Waals surface area (Å²) in [7, 11) is 0. The maximum absolute atomic E-state index is 13.5. The lowest BCUT2D eigenvalue weighted by Gasteiger charge is -2.04. The van der Waals surface area contributed by atoms with Crippen LogP contribution in [0.2, 0.25) is 0 Å². The van der Waals surface area contributed by atoms with E-state index < -0.39 is 11.6 Å². The highest BCUT2D eigenvalue weighted by atomic mass is 79.9. The lowest BCUT2D eigenvalue weighted by Crippen LogP contribution is -2.22. The van der Waals surface area contributed by atoms with E-state index in [9.17, 15) is 8.78 Å². The molecule has 5 heteroatoms. The van der Waals surface area contributed by atoms with Crippen LogP contribution in [0.1, 0.15) is 19.8 Å². The molecule has 1 aliphatic heterocycles. The number of hydrogen-bond acceptors (Lipinski definition) is 1. The van der Waals surface area contributed by atoms with Gasteiger partial charge in [-0.25, -0.2) is 13.8 Å². The van der Waals surface area contributed by atoms with Gasteiger partial charge in [0.1, 0.15) is 11.5 Å². The number of aliphatic imine (C=N–C) groups is 1. The highest BCUT2D eigenvalue weighted by Gasteiger charge is 2.17. The number of hydrogen-bond donors (Lipinski definition) is 1. The van der Waals surface area contributed by atoms with Gasteiger partial charge in [0.2, 0.25) is 0 Å². The van der Waals surface area contributed by atoms with Gasteiger partial charge in [-0.05, 0) is 25.5 Å². The number of rotatable bonds is 1. The summed E-state index contributed by atoms with van der Waals surface area (Å²) < 4.78 is 27.3. The molecule has 1 N–H and O–H groups in total. The third kappa shape index (κ3) is 2.40. The third-order valence-electron chi connectivity index (χ3n) is 2.46. The summed E-state index contributed by atoms with van der Waals surface area (Å²) in [4.78, 5) is 3.98. The van der Waals surface area contributed by atoms with Gasteiger partial charge in [0.25, 0.3) is 0 Å². The lowest BCUT2D eigenvalue weighted by molar-refractivity contribution is 0.585. The molecule has 1 atom stereocenters. The second-order valence-electron chi connectivity index (χ2n) is 3.86. The standard InChI is InChI=1S/C11H11BrF2N2/c1-6-2-3-10(15-6)16-11-8(13)4-7(12)5-9(11)14/h4-6H,2-3H2,1H3,(H,15,16). The van der Waals surface area contributed by atoms with E-state index in [1.165, 1.54) is 12.1 Å². The van der Waals surface area contributed by atoms with Crippen molar-refractivity contribution in [3.05, 3.63) is 28.2 Å². The molecule has 0 saturated carbocycles. The second-order valence-corrected chi connectivity index (χ2v) is 4.78. The molecule has 1 aromatic rings. The maximum atomic E-state index is 13.5. The van der Waals surface area contributed by atoms with E-state index in [4.69, 9.17) is 0 Å². The number of halogens is 3. The molecule has 0 spiro atoms. The van der Waals surface area contributed by atoms with Crippen molar-refractivity contribution >= 4 is 27.5 Å². The quantitative estimate of drug-likeness (QED) is 0.840. The Bertz CT molecular complexity index is 423. The van der Waals surface area contributed by atoms with E-state index >= 15 is 0 Å². The number of nitrogens with zero attached hydrogens (tertiary/aromatic N) is 1. The molecule has 1 heterocycles. The van der Waals surface area contributed by atoms with Crippen LogP contribution in [0.3, 0.4) is 0 Å². The first-order valence-electron chi connectivity index (χ1n) is 5.05. The SMILES string of the molecule is CC1CC/C(=N/c2c(F)cc(Br)cc2F)N1. The van der Waals surface area contributed by atoms with E-state index in [1.54, 1.807) is 0 Å². The molecular formula is C11H11BrF2N2. The van der Waals surface area contributed by atoms with Crippen LogP contribution in [-0.2, 0) is 0 Å². The minimum absolute atomic E-state index is 0.222. The third-order valence-corrected chi connectivity index (χ3v) is 2.91. The van der Waals surface area contributed by atoms with Crippen molar-refractivity contribution in [3.63, 3.8) is 0 Å². The predicted octanol–water partition coefficient (Wildman–Crippen LogP) is 3.53. The zero-order chi connectivity index (χ0) is 11.7. The molecule has 1 aromatic carbocycles. The molecule has 1 saturated heterocycles. The van der Waals surface area contributed by atoms with Gasteiger partial charge < -0.3 is 5.32 Å². The largest absolute Gasteiger partial charge is 0.371 e. The zero-order valence-electron chi connectivity index (χ0n) is 8.73. The Labute approximate surface area is 101 Å². The Hall–Kier alpha value is -0.970. The minimum Gasteiger partial charge on any atom is -0.371 e. The van der Waals surface area contributed by atoms with Crippen molar-refractivity contribution in [2.45, 2.75) is 25.8 Å². The summed E-state index contributed by atoms with van der Waals surface area (Å²) in [6.07, 6.45) is 1.68. The molecule has 86 valence electrons. The number of benzene rings is 1. The van der Waals surface area contributed by atoms with E-state index in [0.29, 0.717) is 16.4 Å². The lowest BCUT2D eigenvalue weighted by atomic mass is 10.2. The zero-order valence-corrected chi connectivity index (χ0v) is 10.3. The summed E-state index contributed by atoms with van der Waals surface area (Å²) in [6, 6.07) is 2.74. The van der Waals surface area contributed by atoms with Crippen LogP contribution >= 0.6 is 15.9 Å². The van der Waals surface area contributed by atoms with Crippen molar-refractivity contribution in [1.29, 1.82) is 0 Å². The van der Waals surface area contributed by atoms with Gasteiger partial charge in [-0.2, -0.15) is 0 Å². The minimum atomic E-state index is -0.652. The summed E-state index contributed by atoms with van der Waals surface area (Å²) in [5.74, 6) is -0.658. The number of amidine groups is 1. The van der Waals surface area contributed by atoms with Gasteiger partial charge in [-0.3, -0.25) is 0 Å². The van der Waals surface area contributed by atoms with Crippen LogP contribution in [0.15, 0.2) is 21.6 Å². The molecule has 0 radical (unpaired) electrons. The van der Waals surface area contributed by atoms with Gasteiger partial charge in [0, 0.05) is 16.9 Å². The van der Waals surface area contributed by atoms with Gasteiger partial charge in [-0.1, -0.05) is 15.9 Å². The van der Waals surface area contributed by atoms with Gasteiger partial charge >= 0.3 is 0 Å². The average Bonchev–Trinajstić information content (AvgIpc) is 2.58. The first kappa shape index (κ1) is 11.5. The van der Waals surface area contributed by atoms with Crippen LogP contribution < -0.4 is 5.32 Å². The van der Waals surface area contributed by atoms with Crippen LogP contribution in [0.4, 0.5) is 14.5 Å². The second kappa shape index (κ2) is 4.49. The molecule has 2 nitrogen and oxygen atoms in total. The summed E-state index contributed by atoms with van der Waals surface area (Å²) in [6.45, 7) is 2.01. The van der Waals surface area contributed by atoms with Crippen molar-refractivity contribution in [2.75, 3.05) is 0 Å². The van der Waals surface area contributed by atoms with Crippen LogP contribution in [-0.4, -0.2) is 11.9 Å². The van der Waals surface area contributed by atoms with Gasteiger partial charge in [-0.15, -0.1) is 0 Å². The van der Waals surface area contributed by atoms with Crippen molar-refractivity contribution in [2.24, 2.45) is 4.99 Å². The highest BCUT2D eigenvalue weighted by molar-refractivity contribution is 9.10. The van der Waals surface area contributed by atoms with Crippen LogP contribution in [0, 0.1) is 11.6 Å². The Kier molecular flexibility index (Phi) is 3.23. The molecule has 1 unspecified atom stereocenters. The molecule has 2 rings (SSSR count). The van der Waals surface area contributed by atoms with E-state index in [0.717, 1.165) is 12.8 Å². The Morgan fingerprint density at radius 1 is 1.38 bits per heavy atom. The van der Waals surface area contributed by atoms with Gasteiger partial charge in [0.05, 0.1) is 0 Å². The molecule has 0 aliphatic carbocycles. The molecule has 0 amide bonds. The first-order chi connectivity index (χ1) is 7.56. The molecule has 0 bridgehead atoms. The monoisotopic (exact) mass is 288 g/mol. The summed E-state index contributed by atoms with van der Waals surface area (Å²) >= 11 is 3.03. The van der Waals surface area contributed by atoms with E-state index in [1.807, 2.05) is 6.92 Å². The van der Waals surface area contributed by atoms with Crippen molar-refractivity contribution < 1.29 is 8.78 Å². The Morgan fingerprint density at radius 3 is 2.50 bits per heavy atom. The summed E-state index contributed by atoms with van der Waals surface area (Å²) in [5.41, 5.74) is -0.222. The fraction of sp³-hybridized carbons (Fsp3) is 0.364. The number of nitrogens with one attached hydrogen (secondary N) is 1. The van der Waals surface area contributed by atoms with Crippen molar-refractivity contribution in [3.8, 4) is 0 Å². The molecule has 1 aliphatic rings. The van der Waals surface area contributed by atoms with Crippen LogP contribution in [0.25, 0.3) is 0 Å². The predicted molar refractivity (Wildman–Crippen MR) is 63.0 cm³/mol. The molecule has 16 heavy (non-hydrogen) atoms. The van der Waals surface area contributed by atoms with E-state index in [2.05, 4.69) is 26.2 Å². The topological polar surface area (TPSA) is 24.4 Å². The highest BCUT2D eigenvalue weighted by Crippen LogP contribution is 2.27. The van der Waals surface area contributed by atoms with Crippen molar-refractivity contribution in [1.82, 2.24) is 5.32 Å². The normalized spacial score (nSPS) is 22.5. The van der Waals surface area contributed by atoms with Crippen LogP contribution in [0.5, 0.6) is 0 Å². The molecular weight excluding hydrogens is 278 g/mol. The fourth-order valence-electron chi connectivity index (χ4n) is 1.65. The molecule has 0 aromatic heterocycles. The first-order valence-corrected chi connectivity index (χ1v) is 5.84. The molecule has 1 fully saturated rings. The smallest absolute Gasteiger partial charge is 0.153 e. The maximum Gasteiger partial charge on any atom is 0.153 e. The fourth-order valence-corrected chi connectivity index (χ4v) is 2.05. The van der Waals surface area contributed by atoms with E-state index in [-0.39, 0.29) is 5.69 Å². The summed E-state index contributed by atoms with van der Waals surface area (Å²) in [5, 5.41) is 3.08. The average molecular weight is 289 g/mol. The van der Waals surface area contributed by atoms with Gasteiger partial charge in [0.15, 0.2) is 11.6 Å².